The van der Waals surface area contributed by atoms with Crippen molar-refractivity contribution in [3.63, 3.8) is 0 Å². The van der Waals surface area contributed by atoms with Gasteiger partial charge in [0.25, 0.3) is 0 Å². The topological polar surface area (TPSA) is 72.0 Å². The molecule has 0 saturated carbocycles. The number of hydrogen-bond donors (Lipinski definition) is 2. The molecule has 1 atom stereocenters. The quantitative estimate of drug-likeness (QED) is 0.202. The summed E-state index contributed by atoms with van der Waals surface area (Å²) < 4.78 is 9.65. The minimum atomic E-state index is -0.164. The first kappa shape index (κ1) is 21.7. The second kappa shape index (κ2) is 14.8. The molecule has 0 aromatic rings. The first-order valence-electron chi connectivity index (χ1n) is 6.74. The molecule has 0 bridgehead atoms. The summed E-state index contributed by atoms with van der Waals surface area (Å²) in [6, 6.07) is 0.206. The normalized spacial score (nSPS) is 12.3. The molecule has 120 valence electrons. The van der Waals surface area contributed by atoms with Crippen molar-refractivity contribution in [1.82, 2.24) is 10.6 Å². The van der Waals surface area contributed by atoms with Gasteiger partial charge in [0.15, 0.2) is 5.96 Å². The van der Waals surface area contributed by atoms with Crippen molar-refractivity contribution < 1.29 is 14.3 Å². The van der Waals surface area contributed by atoms with E-state index in [1.54, 1.807) is 7.11 Å². The number of rotatable bonds is 9. The molecule has 0 rings (SSSR count). The van der Waals surface area contributed by atoms with Crippen molar-refractivity contribution >= 4 is 35.9 Å². The molecular weight excluding hydrogens is 373 g/mol. The van der Waals surface area contributed by atoms with Gasteiger partial charge in [0, 0.05) is 32.7 Å². The molecule has 1 unspecified atom stereocenters. The van der Waals surface area contributed by atoms with E-state index in [1.807, 2.05) is 13.8 Å². The van der Waals surface area contributed by atoms with Crippen molar-refractivity contribution in [3.8, 4) is 0 Å². The van der Waals surface area contributed by atoms with Crippen LogP contribution in [0, 0.1) is 0 Å². The third-order valence-corrected chi connectivity index (χ3v) is 2.43. The molecule has 0 saturated heterocycles. The minimum Gasteiger partial charge on any atom is -0.469 e. The summed E-state index contributed by atoms with van der Waals surface area (Å²) in [6.45, 7) is 6.19. The van der Waals surface area contributed by atoms with E-state index in [0.717, 1.165) is 25.3 Å². The number of carbonyl (C=O) groups is 1. The second-order valence-corrected chi connectivity index (χ2v) is 4.29. The highest BCUT2D eigenvalue weighted by molar-refractivity contribution is 14.0. The summed E-state index contributed by atoms with van der Waals surface area (Å²) in [7, 11) is 3.08. The van der Waals surface area contributed by atoms with Crippen LogP contribution in [-0.2, 0) is 14.3 Å². The zero-order valence-electron chi connectivity index (χ0n) is 12.9. The monoisotopic (exact) mass is 401 g/mol. The van der Waals surface area contributed by atoms with Gasteiger partial charge in [0.1, 0.15) is 0 Å². The zero-order valence-corrected chi connectivity index (χ0v) is 15.2. The molecule has 6 nitrogen and oxygen atoms in total. The number of nitrogens with zero attached hydrogens (tertiary/aromatic N) is 1. The van der Waals surface area contributed by atoms with Crippen LogP contribution in [0.15, 0.2) is 4.99 Å². The van der Waals surface area contributed by atoms with Crippen LogP contribution in [0.5, 0.6) is 0 Å². The zero-order chi connectivity index (χ0) is 14.5. The van der Waals surface area contributed by atoms with Crippen molar-refractivity contribution in [2.45, 2.75) is 39.2 Å². The van der Waals surface area contributed by atoms with Gasteiger partial charge in [0.2, 0.25) is 0 Å². The van der Waals surface area contributed by atoms with Crippen LogP contribution >= 0.6 is 24.0 Å². The van der Waals surface area contributed by atoms with Crippen LogP contribution in [0.2, 0.25) is 0 Å². The fourth-order valence-electron chi connectivity index (χ4n) is 1.52. The van der Waals surface area contributed by atoms with E-state index in [2.05, 4.69) is 20.4 Å². The third kappa shape index (κ3) is 12.5. The lowest BCUT2D eigenvalue weighted by atomic mass is 10.2. The van der Waals surface area contributed by atoms with Gasteiger partial charge in [-0.25, -0.2) is 0 Å². The number of carbonyl (C=O) groups excluding carboxylic acids is 1. The second-order valence-electron chi connectivity index (χ2n) is 4.29. The van der Waals surface area contributed by atoms with Gasteiger partial charge in [-0.05, 0) is 26.7 Å². The third-order valence-electron chi connectivity index (χ3n) is 2.43. The molecule has 0 radical (unpaired) electrons. The first-order valence-corrected chi connectivity index (χ1v) is 6.74. The SMILES string of the molecule is CCNC(=NCCCCC(=O)OC)NC(C)COC.I. The van der Waals surface area contributed by atoms with Crippen LogP contribution in [0.3, 0.4) is 0 Å². The molecular formula is C13H28IN3O3. The molecule has 0 heterocycles. The Bertz CT molecular complexity index is 276. The lowest BCUT2D eigenvalue weighted by Gasteiger charge is -2.16. The predicted octanol–water partition coefficient (Wildman–Crippen LogP) is 1.54. The smallest absolute Gasteiger partial charge is 0.305 e. The maximum absolute atomic E-state index is 10.9. The van der Waals surface area contributed by atoms with Gasteiger partial charge in [-0.2, -0.15) is 0 Å². The van der Waals surface area contributed by atoms with E-state index in [4.69, 9.17) is 4.74 Å². The summed E-state index contributed by atoms with van der Waals surface area (Å²) in [5.41, 5.74) is 0. The maximum Gasteiger partial charge on any atom is 0.305 e. The van der Waals surface area contributed by atoms with E-state index in [9.17, 15) is 4.79 Å². The van der Waals surface area contributed by atoms with Gasteiger partial charge in [0.05, 0.1) is 13.7 Å². The van der Waals surface area contributed by atoms with Gasteiger partial charge in [-0.15, -0.1) is 24.0 Å². The lowest BCUT2D eigenvalue weighted by Crippen LogP contribution is -2.44. The minimum absolute atomic E-state index is 0. The summed E-state index contributed by atoms with van der Waals surface area (Å²) >= 11 is 0. The number of aliphatic imine (C=N–C) groups is 1. The molecule has 20 heavy (non-hydrogen) atoms. The number of guanidine groups is 1. The number of unbranched alkanes of at least 4 members (excludes halogenated alkanes) is 1. The van der Waals surface area contributed by atoms with Crippen LogP contribution in [0.4, 0.5) is 0 Å². The molecule has 0 fully saturated rings. The Morgan fingerprint density at radius 2 is 2.00 bits per heavy atom. The highest BCUT2D eigenvalue weighted by Gasteiger charge is 2.04. The van der Waals surface area contributed by atoms with Crippen molar-refractivity contribution in [3.05, 3.63) is 0 Å². The summed E-state index contributed by atoms with van der Waals surface area (Å²) in [5.74, 6) is 0.618. The van der Waals surface area contributed by atoms with E-state index in [0.29, 0.717) is 19.6 Å². The molecule has 0 spiro atoms. The van der Waals surface area contributed by atoms with E-state index in [1.165, 1.54) is 7.11 Å². The molecule has 0 aromatic heterocycles. The van der Waals surface area contributed by atoms with Crippen molar-refractivity contribution in [2.75, 3.05) is 33.9 Å². The first-order chi connectivity index (χ1) is 9.13. The Labute approximate surface area is 139 Å². The lowest BCUT2D eigenvalue weighted by molar-refractivity contribution is -0.140. The van der Waals surface area contributed by atoms with Crippen LogP contribution in [-0.4, -0.2) is 51.9 Å². The van der Waals surface area contributed by atoms with Gasteiger partial charge in [-0.1, -0.05) is 0 Å². The van der Waals surface area contributed by atoms with E-state index in [-0.39, 0.29) is 36.0 Å². The number of esters is 1. The highest BCUT2D eigenvalue weighted by atomic mass is 127. The van der Waals surface area contributed by atoms with E-state index < -0.39 is 0 Å². The van der Waals surface area contributed by atoms with Crippen molar-refractivity contribution in [1.29, 1.82) is 0 Å². The summed E-state index contributed by atoms with van der Waals surface area (Å²) in [4.78, 5) is 15.4. The molecule has 0 amide bonds. The molecule has 0 aliphatic rings. The summed E-state index contributed by atoms with van der Waals surface area (Å²) in [5, 5.41) is 6.43. The number of ether oxygens (including phenoxy) is 2. The number of hydrogen-bond acceptors (Lipinski definition) is 4. The Kier molecular flexibility index (Phi) is 16.1. The Hall–Kier alpha value is -0.570. The molecule has 2 N–H and O–H groups in total. The van der Waals surface area contributed by atoms with Crippen LogP contribution < -0.4 is 10.6 Å². The molecule has 0 aliphatic heterocycles. The number of halogens is 1. The maximum atomic E-state index is 10.9. The highest BCUT2D eigenvalue weighted by Crippen LogP contribution is 1.97. The molecule has 7 heteroatoms. The standard InChI is InChI=1S/C13H27N3O3.HI/c1-5-14-13(16-11(2)10-18-3)15-9-7-6-8-12(17)19-4;/h11H,5-10H2,1-4H3,(H2,14,15,16);1H. The fraction of sp³-hybridized carbons (Fsp3) is 0.846. The van der Waals surface area contributed by atoms with Gasteiger partial charge < -0.3 is 20.1 Å². The van der Waals surface area contributed by atoms with Crippen LogP contribution in [0.1, 0.15) is 33.1 Å². The fourth-order valence-corrected chi connectivity index (χ4v) is 1.52. The average molecular weight is 401 g/mol. The Balaban J connectivity index is 0. The van der Waals surface area contributed by atoms with Gasteiger partial charge >= 0.3 is 5.97 Å². The largest absolute Gasteiger partial charge is 0.469 e. The van der Waals surface area contributed by atoms with Crippen molar-refractivity contribution in [2.24, 2.45) is 4.99 Å². The number of methoxy groups -OCH3 is 2. The van der Waals surface area contributed by atoms with Crippen LogP contribution in [0.25, 0.3) is 0 Å². The van der Waals surface area contributed by atoms with Gasteiger partial charge in [-0.3, -0.25) is 9.79 Å². The van der Waals surface area contributed by atoms with E-state index >= 15 is 0 Å². The summed E-state index contributed by atoms with van der Waals surface area (Å²) in [6.07, 6.45) is 2.11. The average Bonchev–Trinajstić information content (AvgIpc) is 2.38. The predicted molar refractivity (Wildman–Crippen MR) is 91.7 cm³/mol. The molecule has 0 aromatic carbocycles. The molecule has 0 aliphatic carbocycles. The Morgan fingerprint density at radius 3 is 2.55 bits per heavy atom. The number of nitrogens with one attached hydrogen (secondary N) is 2. The Morgan fingerprint density at radius 1 is 1.30 bits per heavy atom.